The Hall–Kier alpha value is -0.830. The van der Waals surface area contributed by atoms with Gasteiger partial charge in [-0.3, -0.25) is 4.79 Å². The molecule has 1 aromatic rings. The van der Waals surface area contributed by atoms with Gasteiger partial charge in [-0.25, -0.2) is 0 Å². The second kappa shape index (κ2) is 3.73. The number of halogens is 1. The summed E-state index contributed by atoms with van der Waals surface area (Å²) < 4.78 is 0. The number of carbonyl (C=O) groups excluding carboxylic acids is 1. The lowest BCUT2D eigenvalue weighted by molar-refractivity contribution is -0.117. The monoisotopic (exact) mass is 253 g/mol. The quantitative estimate of drug-likeness (QED) is 0.704. The van der Waals surface area contributed by atoms with Crippen LogP contribution in [-0.2, 0) is 11.2 Å². The van der Waals surface area contributed by atoms with Crippen molar-refractivity contribution in [2.45, 2.75) is 18.2 Å². The summed E-state index contributed by atoms with van der Waals surface area (Å²) in [6.45, 7) is 2.68. The van der Waals surface area contributed by atoms with E-state index in [9.17, 15) is 4.79 Å². The van der Waals surface area contributed by atoms with E-state index < -0.39 is 0 Å². The summed E-state index contributed by atoms with van der Waals surface area (Å²) in [6.07, 6.45) is 0.974. The Balaban J connectivity index is 2.30. The lowest BCUT2D eigenvalue weighted by atomic mass is 10.2. The number of hydrogen-bond donors (Lipinski definition) is 0. The zero-order valence-corrected chi connectivity index (χ0v) is 9.62. The molecule has 0 unspecified atom stereocenters. The normalized spacial score (nSPS) is 16.6. The standard InChI is InChI=1S/C11H12BrNO/c1-8(12)11(14)13-7-6-9-4-2-3-5-10(9)13/h2-5,8H,6-7H2,1H3/t8-/m0/s1. The minimum Gasteiger partial charge on any atom is -0.311 e. The van der Waals surface area contributed by atoms with Crippen LogP contribution in [0.4, 0.5) is 5.69 Å². The number of anilines is 1. The highest BCUT2D eigenvalue weighted by Gasteiger charge is 2.26. The fraction of sp³-hybridized carbons (Fsp3) is 0.364. The number of benzene rings is 1. The molecule has 1 heterocycles. The van der Waals surface area contributed by atoms with Crippen molar-refractivity contribution < 1.29 is 4.79 Å². The highest BCUT2D eigenvalue weighted by molar-refractivity contribution is 9.10. The Bertz CT molecular complexity index is 362. The highest BCUT2D eigenvalue weighted by Crippen LogP contribution is 2.28. The summed E-state index contributed by atoms with van der Waals surface area (Å²) >= 11 is 3.31. The van der Waals surface area contributed by atoms with Crippen molar-refractivity contribution in [3.8, 4) is 0 Å². The van der Waals surface area contributed by atoms with Crippen molar-refractivity contribution >= 4 is 27.5 Å². The summed E-state index contributed by atoms with van der Waals surface area (Å²) in [7, 11) is 0. The number of para-hydroxylation sites is 1. The van der Waals surface area contributed by atoms with Crippen LogP contribution in [0.15, 0.2) is 24.3 Å². The number of carbonyl (C=O) groups is 1. The minimum absolute atomic E-state index is 0.103. The molecule has 1 aliphatic rings. The van der Waals surface area contributed by atoms with Crippen LogP contribution in [0.3, 0.4) is 0 Å². The molecule has 14 heavy (non-hydrogen) atoms. The number of alkyl halides is 1. The molecule has 0 radical (unpaired) electrons. The Morgan fingerprint density at radius 1 is 1.50 bits per heavy atom. The molecule has 0 N–H and O–H groups in total. The third kappa shape index (κ3) is 1.57. The number of nitrogens with zero attached hydrogens (tertiary/aromatic N) is 1. The molecule has 0 spiro atoms. The van der Waals surface area contributed by atoms with Crippen LogP contribution < -0.4 is 4.90 Å². The fourth-order valence-corrected chi connectivity index (χ4v) is 2.03. The van der Waals surface area contributed by atoms with Crippen molar-refractivity contribution in [2.75, 3.05) is 11.4 Å². The molecule has 1 aliphatic heterocycles. The van der Waals surface area contributed by atoms with E-state index >= 15 is 0 Å². The molecule has 2 rings (SSSR count). The first kappa shape index (κ1) is 9.71. The van der Waals surface area contributed by atoms with Crippen molar-refractivity contribution in [2.24, 2.45) is 0 Å². The molecule has 0 saturated heterocycles. The lowest BCUT2D eigenvalue weighted by Crippen LogP contribution is -2.33. The molecule has 1 amide bonds. The van der Waals surface area contributed by atoms with Gasteiger partial charge >= 0.3 is 0 Å². The van der Waals surface area contributed by atoms with Gasteiger partial charge in [0.15, 0.2) is 0 Å². The Morgan fingerprint density at radius 3 is 2.93 bits per heavy atom. The van der Waals surface area contributed by atoms with E-state index in [0.717, 1.165) is 18.7 Å². The van der Waals surface area contributed by atoms with Crippen LogP contribution in [0.2, 0.25) is 0 Å². The second-order valence-corrected chi connectivity index (χ2v) is 4.86. The zero-order chi connectivity index (χ0) is 10.1. The maximum absolute atomic E-state index is 11.8. The van der Waals surface area contributed by atoms with E-state index in [1.54, 1.807) is 0 Å². The zero-order valence-electron chi connectivity index (χ0n) is 8.03. The highest BCUT2D eigenvalue weighted by atomic mass is 79.9. The van der Waals surface area contributed by atoms with E-state index in [4.69, 9.17) is 0 Å². The number of hydrogen-bond acceptors (Lipinski definition) is 1. The molecule has 74 valence electrons. The predicted molar refractivity (Wildman–Crippen MR) is 60.9 cm³/mol. The van der Waals surface area contributed by atoms with Gasteiger partial charge in [0.25, 0.3) is 0 Å². The third-order valence-electron chi connectivity index (χ3n) is 2.49. The summed E-state index contributed by atoms with van der Waals surface area (Å²) in [5, 5.41) is 0. The average Bonchev–Trinajstić information content (AvgIpc) is 2.60. The minimum atomic E-state index is -0.103. The molecular formula is C11H12BrNO. The first-order valence-corrected chi connectivity index (χ1v) is 5.65. The van der Waals surface area contributed by atoms with Crippen LogP contribution in [0, 0.1) is 0 Å². The molecule has 0 aromatic heterocycles. The molecular weight excluding hydrogens is 242 g/mol. The van der Waals surface area contributed by atoms with Gasteiger partial charge in [-0.1, -0.05) is 34.1 Å². The molecule has 0 saturated carbocycles. The van der Waals surface area contributed by atoms with Gasteiger partial charge in [-0.2, -0.15) is 0 Å². The van der Waals surface area contributed by atoms with Crippen LogP contribution in [0.5, 0.6) is 0 Å². The fourth-order valence-electron chi connectivity index (χ4n) is 1.78. The smallest absolute Gasteiger partial charge is 0.240 e. The van der Waals surface area contributed by atoms with Crippen molar-refractivity contribution in [1.29, 1.82) is 0 Å². The third-order valence-corrected chi connectivity index (χ3v) is 2.89. The van der Waals surface area contributed by atoms with Crippen molar-refractivity contribution in [1.82, 2.24) is 0 Å². The van der Waals surface area contributed by atoms with E-state index in [1.807, 2.05) is 30.0 Å². The van der Waals surface area contributed by atoms with Crippen LogP contribution in [0.1, 0.15) is 12.5 Å². The van der Waals surface area contributed by atoms with Crippen molar-refractivity contribution in [3.63, 3.8) is 0 Å². The summed E-state index contributed by atoms with van der Waals surface area (Å²) in [4.78, 5) is 13.5. The first-order chi connectivity index (χ1) is 6.70. The molecule has 0 fully saturated rings. The number of amides is 1. The molecule has 3 heteroatoms. The largest absolute Gasteiger partial charge is 0.311 e. The van der Waals surface area contributed by atoms with Gasteiger partial charge in [-0.05, 0) is 25.0 Å². The number of fused-ring (bicyclic) bond motifs is 1. The summed E-state index contributed by atoms with van der Waals surface area (Å²) in [6, 6.07) is 8.09. The predicted octanol–water partition coefficient (Wildman–Crippen LogP) is 2.36. The molecule has 1 aromatic carbocycles. The second-order valence-electron chi connectivity index (χ2n) is 3.48. The summed E-state index contributed by atoms with van der Waals surface area (Å²) in [5.74, 6) is 0.148. The maximum atomic E-state index is 11.8. The lowest BCUT2D eigenvalue weighted by Gasteiger charge is -2.18. The Labute approximate surface area is 92.0 Å². The first-order valence-electron chi connectivity index (χ1n) is 4.73. The molecule has 0 aliphatic carbocycles. The van der Waals surface area contributed by atoms with E-state index in [2.05, 4.69) is 22.0 Å². The molecule has 2 nitrogen and oxygen atoms in total. The maximum Gasteiger partial charge on any atom is 0.240 e. The molecule has 0 bridgehead atoms. The van der Waals surface area contributed by atoms with Gasteiger partial charge in [0.1, 0.15) is 0 Å². The van der Waals surface area contributed by atoms with Gasteiger partial charge in [-0.15, -0.1) is 0 Å². The van der Waals surface area contributed by atoms with Gasteiger partial charge in [0.05, 0.1) is 4.83 Å². The van der Waals surface area contributed by atoms with E-state index in [0.29, 0.717) is 0 Å². The van der Waals surface area contributed by atoms with Gasteiger partial charge in [0, 0.05) is 12.2 Å². The Morgan fingerprint density at radius 2 is 2.21 bits per heavy atom. The van der Waals surface area contributed by atoms with Gasteiger partial charge < -0.3 is 4.90 Å². The van der Waals surface area contributed by atoms with Crippen LogP contribution in [0.25, 0.3) is 0 Å². The number of rotatable bonds is 1. The topological polar surface area (TPSA) is 20.3 Å². The summed E-state index contributed by atoms with van der Waals surface area (Å²) in [5.41, 5.74) is 2.35. The average molecular weight is 254 g/mol. The SMILES string of the molecule is C[C@H](Br)C(=O)N1CCc2ccccc21. The van der Waals surface area contributed by atoms with Crippen molar-refractivity contribution in [3.05, 3.63) is 29.8 Å². The molecule has 1 atom stereocenters. The van der Waals surface area contributed by atoms with Gasteiger partial charge in [0.2, 0.25) is 5.91 Å². The Kier molecular flexibility index (Phi) is 2.59. The van der Waals surface area contributed by atoms with Crippen LogP contribution in [-0.4, -0.2) is 17.3 Å². The van der Waals surface area contributed by atoms with E-state index in [-0.39, 0.29) is 10.7 Å². The van der Waals surface area contributed by atoms with E-state index in [1.165, 1.54) is 5.56 Å². The van der Waals surface area contributed by atoms with Crippen LogP contribution >= 0.6 is 15.9 Å².